The van der Waals surface area contributed by atoms with E-state index in [0.717, 1.165) is 11.3 Å². The Balaban J connectivity index is 2.85. The van der Waals surface area contributed by atoms with Crippen LogP contribution in [0.3, 0.4) is 0 Å². The monoisotopic (exact) mass is 269 g/mol. The maximum atomic E-state index is 12.2. The molecule has 1 rings (SSSR count). The van der Waals surface area contributed by atoms with E-state index < -0.39 is 11.3 Å². The Labute approximate surface area is 86.1 Å². The fourth-order valence-corrected chi connectivity index (χ4v) is 1.94. The van der Waals surface area contributed by atoms with Gasteiger partial charge in [0, 0.05) is 12.3 Å². The van der Waals surface area contributed by atoms with Crippen LogP contribution >= 0.6 is 27.3 Å². The smallest absolute Gasteiger partial charge is 0.257 e. The Kier molecular flexibility index (Phi) is 3.49. The van der Waals surface area contributed by atoms with Crippen LogP contribution < -0.4 is 0 Å². The standard InChI is InChI=1S/C7H6BrF2NOS/c1-3(12)4-2-13-7(11-4)5(8)6(9)10/h2,5-6H,1H3. The van der Waals surface area contributed by atoms with E-state index >= 15 is 0 Å². The van der Waals surface area contributed by atoms with Crippen LogP contribution in [0.2, 0.25) is 0 Å². The lowest BCUT2D eigenvalue weighted by Gasteiger charge is -2.02. The highest BCUT2D eigenvalue weighted by molar-refractivity contribution is 9.09. The first-order chi connectivity index (χ1) is 6.02. The summed E-state index contributed by atoms with van der Waals surface area (Å²) in [5.41, 5.74) is 0.241. The van der Waals surface area contributed by atoms with Gasteiger partial charge >= 0.3 is 0 Å². The van der Waals surface area contributed by atoms with Gasteiger partial charge < -0.3 is 0 Å². The average molecular weight is 270 g/mol. The molecule has 0 saturated carbocycles. The number of alkyl halides is 3. The number of rotatable bonds is 3. The third kappa shape index (κ3) is 2.54. The summed E-state index contributed by atoms with van der Waals surface area (Å²) < 4.78 is 24.3. The normalized spacial score (nSPS) is 13.3. The molecule has 0 fully saturated rings. The molecule has 0 radical (unpaired) electrons. The molecule has 1 atom stereocenters. The molecule has 0 saturated heterocycles. The van der Waals surface area contributed by atoms with Crippen molar-refractivity contribution in [2.45, 2.75) is 18.2 Å². The largest absolute Gasteiger partial charge is 0.293 e. The molecule has 72 valence electrons. The molecular formula is C7H6BrF2NOS. The van der Waals surface area contributed by atoms with Crippen LogP contribution in [0.15, 0.2) is 5.38 Å². The van der Waals surface area contributed by atoms with E-state index in [1.165, 1.54) is 12.3 Å². The lowest BCUT2D eigenvalue weighted by Crippen LogP contribution is -2.01. The zero-order valence-corrected chi connectivity index (χ0v) is 9.03. The van der Waals surface area contributed by atoms with Gasteiger partial charge in [0.1, 0.15) is 15.5 Å². The summed E-state index contributed by atoms with van der Waals surface area (Å²) >= 11 is 3.85. The van der Waals surface area contributed by atoms with Crippen LogP contribution in [-0.2, 0) is 0 Å². The van der Waals surface area contributed by atoms with E-state index in [2.05, 4.69) is 20.9 Å². The number of nitrogens with zero attached hydrogens (tertiary/aromatic N) is 1. The first kappa shape index (κ1) is 10.7. The molecule has 0 aromatic carbocycles. The minimum Gasteiger partial charge on any atom is -0.293 e. The van der Waals surface area contributed by atoms with Crippen molar-refractivity contribution >= 4 is 33.0 Å². The van der Waals surface area contributed by atoms with Crippen molar-refractivity contribution in [1.82, 2.24) is 4.98 Å². The Morgan fingerprint density at radius 2 is 2.31 bits per heavy atom. The van der Waals surface area contributed by atoms with E-state index in [0.29, 0.717) is 0 Å². The van der Waals surface area contributed by atoms with E-state index in [9.17, 15) is 13.6 Å². The molecule has 1 aromatic heterocycles. The van der Waals surface area contributed by atoms with Crippen LogP contribution in [0.1, 0.15) is 27.2 Å². The molecule has 1 aromatic rings. The molecule has 0 aliphatic carbocycles. The van der Waals surface area contributed by atoms with E-state index in [-0.39, 0.29) is 16.5 Å². The Bertz CT molecular complexity index is 315. The summed E-state index contributed by atoms with van der Waals surface area (Å²) in [4.78, 5) is 13.5. The second-order valence-electron chi connectivity index (χ2n) is 2.36. The summed E-state index contributed by atoms with van der Waals surface area (Å²) in [7, 11) is 0. The quantitative estimate of drug-likeness (QED) is 0.624. The van der Waals surface area contributed by atoms with Gasteiger partial charge in [-0.1, -0.05) is 15.9 Å². The summed E-state index contributed by atoms with van der Waals surface area (Å²) in [5.74, 6) is -0.212. The molecule has 0 aliphatic heterocycles. The number of aromatic nitrogens is 1. The van der Waals surface area contributed by atoms with Crippen LogP contribution in [0, 0.1) is 0 Å². The van der Waals surface area contributed by atoms with Gasteiger partial charge in [0.25, 0.3) is 6.43 Å². The number of halogens is 3. The van der Waals surface area contributed by atoms with Crippen LogP contribution in [0.4, 0.5) is 8.78 Å². The predicted octanol–water partition coefficient (Wildman–Crippen LogP) is 3.05. The molecule has 13 heavy (non-hydrogen) atoms. The topological polar surface area (TPSA) is 30.0 Å². The number of carbonyl (C=O) groups excluding carboxylic acids is 1. The van der Waals surface area contributed by atoms with Crippen molar-refractivity contribution in [3.05, 3.63) is 16.1 Å². The first-order valence-electron chi connectivity index (χ1n) is 3.41. The molecule has 6 heteroatoms. The summed E-state index contributed by atoms with van der Waals surface area (Å²) in [6, 6.07) is 0. The minimum atomic E-state index is -2.51. The fourth-order valence-electron chi connectivity index (χ4n) is 0.684. The summed E-state index contributed by atoms with van der Waals surface area (Å²) in [5, 5.41) is 1.72. The van der Waals surface area contributed by atoms with Crippen molar-refractivity contribution in [2.24, 2.45) is 0 Å². The highest BCUT2D eigenvalue weighted by Gasteiger charge is 2.22. The maximum Gasteiger partial charge on any atom is 0.257 e. The van der Waals surface area contributed by atoms with Gasteiger partial charge in [-0.2, -0.15) is 0 Å². The van der Waals surface area contributed by atoms with Gasteiger partial charge in [-0.05, 0) is 0 Å². The van der Waals surface area contributed by atoms with Crippen LogP contribution in [0.5, 0.6) is 0 Å². The molecule has 1 unspecified atom stereocenters. The minimum absolute atomic E-state index is 0.212. The first-order valence-corrected chi connectivity index (χ1v) is 5.20. The summed E-state index contributed by atoms with van der Waals surface area (Å²) in [6.07, 6.45) is -2.51. The Morgan fingerprint density at radius 3 is 2.69 bits per heavy atom. The van der Waals surface area contributed by atoms with Gasteiger partial charge in [-0.25, -0.2) is 13.8 Å². The summed E-state index contributed by atoms with van der Waals surface area (Å²) in [6.45, 7) is 1.35. The molecule has 0 aliphatic rings. The molecular weight excluding hydrogens is 264 g/mol. The lowest BCUT2D eigenvalue weighted by atomic mass is 10.3. The Morgan fingerprint density at radius 1 is 1.69 bits per heavy atom. The van der Waals surface area contributed by atoms with Crippen molar-refractivity contribution in [1.29, 1.82) is 0 Å². The highest BCUT2D eigenvalue weighted by Crippen LogP contribution is 2.31. The average Bonchev–Trinajstić information content (AvgIpc) is 2.50. The molecule has 0 N–H and O–H groups in total. The zero-order valence-electron chi connectivity index (χ0n) is 6.63. The highest BCUT2D eigenvalue weighted by atomic mass is 79.9. The number of hydrogen-bond donors (Lipinski definition) is 0. The third-order valence-corrected chi connectivity index (χ3v) is 3.40. The fraction of sp³-hybridized carbons (Fsp3) is 0.429. The predicted molar refractivity (Wildman–Crippen MR) is 49.8 cm³/mol. The lowest BCUT2D eigenvalue weighted by molar-refractivity contribution is 0.101. The van der Waals surface area contributed by atoms with Gasteiger partial charge in [0.2, 0.25) is 0 Å². The second kappa shape index (κ2) is 4.23. The van der Waals surface area contributed by atoms with Crippen molar-refractivity contribution in [3.63, 3.8) is 0 Å². The van der Waals surface area contributed by atoms with Crippen molar-refractivity contribution < 1.29 is 13.6 Å². The molecule has 0 amide bonds. The van der Waals surface area contributed by atoms with Gasteiger partial charge in [0.15, 0.2) is 5.78 Å². The van der Waals surface area contributed by atoms with Crippen LogP contribution in [0.25, 0.3) is 0 Å². The molecule has 0 bridgehead atoms. The van der Waals surface area contributed by atoms with Crippen molar-refractivity contribution in [2.75, 3.05) is 0 Å². The number of hydrogen-bond acceptors (Lipinski definition) is 3. The maximum absolute atomic E-state index is 12.2. The van der Waals surface area contributed by atoms with Crippen molar-refractivity contribution in [3.8, 4) is 0 Å². The second-order valence-corrected chi connectivity index (χ2v) is 4.24. The van der Waals surface area contributed by atoms with Gasteiger partial charge in [0.05, 0.1) is 0 Å². The molecule has 0 spiro atoms. The van der Waals surface area contributed by atoms with Gasteiger partial charge in [-0.3, -0.25) is 4.79 Å². The van der Waals surface area contributed by atoms with Crippen LogP contribution in [-0.4, -0.2) is 17.2 Å². The number of thiazole rings is 1. The number of Topliss-reactive ketones (excluding diaryl/α,β-unsaturated/α-hetero) is 1. The van der Waals surface area contributed by atoms with E-state index in [1.807, 2.05) is 0 Å². The van der Waals surface area contributed by atoms with E-state index in [1.54, 1.807) is 0 Å². The molecule has 2 nitrogen and oxygen atoms in total. The zero-order chi connectivity index (χ0) is 10.0. The number of carbonyl (C=O) groups is 1. The SMILES string of the molecule is CC(=O)c1csc(C(Br)C(F)F)n1. The van der Waals surface area contributed by atoms with E-state index in [4.69, 9.17) is 0 Å². The molecule has 1 heterocycles. The van der Waals surface area contributed by atoms with Gasteiger partial charge in [-0.15, -0.1) is 11.3 Å². The third-order valence-electron chi connectivity index (χ3n) is 1.34. The Hall–Kier alpha value is -0.360. The number of ketones is 1.